The molecule has 3 rings (SSSR count). The highest BCUT2D eigenvalue weighted by Gasteiger charge is 2.12. The van der Waals surface area contributed by atoms with E-state index < -0.39 is 0 Å². The number of unbranched alkanes of at least 4 members (excludes halogenated alkanes) is 4. The number of amides is 2. The number of rotatable bonds is 16. The van der Waals surface area contributed by atoms with Gasteiger partial charge >= 0.3 is 0 Å². The largest absolute Gasteiger partial charge is 0.355 e. The van der Waals surface area contributed by atoms with Gasteiger partial charge in [0.15, 0.2) is 0 Å². The zero-order chi connectivity index (χ0) is 28.7. The van der Waals surface area contributed by atoms with Crippen LogP contribution in [0.2, 0.25) is 0 Å². The number of benzene rings is 3. The number of nitrogens with one attached hydrogen (secondary N) is 2. The molecule has 0 radical (unpaired) electrons. The summed E-state index contributed by atoms with van der Waals surface area (Å²) in [6.07, 6.45) is 8.27. The number of para-hydroxylation sites is 1. The van der Waals surface area contributed by atoms with E-state index in [2.05, 4.69) is 67.8 Å². The van der Waals surface area contributed by atoms with E-state index >= 15 is 0 Å². The Morgan fingerprint density at radius 3 is 2.35 bits per heavy atom. The van der Waals surface area contributed by atoms with Crippen LogP contribution in [0.1, 0.15) is 81.6 Å². The number of likely N-dealkylation sites (N-methyl/N-ethyl adjacent to an activating group) is 1. The summed E-state index contributed by atoms with van der Waals surface area (Å²) in [4.78, 5) is 27.1. The average molecular weight is 542 g/mol. The van der Waals surface area contributed by atoms with Crippen LogP contribution < -0.4 is 10.6 Å². The maximum atomic E-state index is 12.7. The number of hydrogen-bond acceptors (Lipinski definition) is 3. The second-order valence-corrected chi connectivity index (χ2v) is 11.1. The van der Waals surface area contributed by atoms with Gasteiger partial charge in [-0.05, 0) is 66.1 Å². The summed E-state index contributed by atoms with van der Waals surface area (Å²) >= 11 is 0. The summed E-state index contributed by atoms with van der Waals surface area (Å²) < 4.78 is 0. The van der Waals surface area contributed by atoms with Gasteiger partial charge in [0.05, 0.1) is 11.3 Å². The quantitative estimate of drug-likeness (QED) is 0.180. The van der Waals surface area contributed by atoms with Gasteiger partial charge in [-0.15, -0.1) is 0 Å². The molecule has 3 aromatic carbocycles. The zero-order valence-electron chi connectivity index (χ0n) is 24.8. The van der Waals surface area contributed by atoms with E-state index in [1.54, 1.807) is 0 Å². The van der Waals surface area contributed by atoms with E-state index in [-0.39, 0.29) is 11.8 Å². The van der Waals surface area contributed by atoms with E-state index in [9.17, 15) is 9.59 Å². The molecule has 0 fully saturated rings. The third-order valence-corrected chi connectivity index (χ3v) is 7.26. The number of carbonyl (C=O) groups is 2. The molecule has 0 aromatic heterocycles. The SMILES string of the molecule is CCCCCCCC(=O)N(C)CCc1cccc(-c2ccc(Nc3ccccc3C(=O)NCCC(C)C)cc2)c1. The molecule has 0 saturated carbocycles. The Hall–Kier alpha value is -3.60. The summed E-state index contributed by atoms with van der Waals surface area (Å²) in [5.74, 6) is 0.732. The molecule has 0 aliphatic carbocycles. The summed E-state index contributed by atoms with van der Waals surface area (Å²) in [6, 6.07) is 24.4. The Morgan fingerprint density at radius 2 is 1.60 bits per heavy atom. The number of hydrogen-bond donors (Lipinski definition) is 2. The van der Waals surface area contributed by atoms with Crippen molar-refractivity contribution in [2.24, 2.45) is 5.92 Å². The number of carbonyl (C=O) groups excluding carboxylic acids is 2. The molecule has 0 atom stereocenters. The monoisotopic (exact) mass is 541 g/mol. The minimum absolute atomic E-state index is 0.0588. The van der Waals surface area contributed by atoms with Crippen LogP contribution >= 0.6 is 0 Å². The van der Waals surface area contributed by atoms with Crippen molar-refractivity contribution in [3.8, 4) is 11.1 Å². The molecule has 2 amide bonds. The molecule has 5 nitrogen and oxygen atoms in total. The van der Waals surface area contributed by atoms with Crippen LogP contribution in [0.4, 0.5) is 11.4 Å². The van der Waals surface area contributed by atoms with Gasteiger partial charge in [-0.25, -0.2) is 0 Å². The first kappa shape index (κ1) is 30.9. The number of anilines is 2. The molecular formula is C35H47N3O2. The normalized spacial score (nSPS) is 10.9. The lowest BCUT2D eigenvalue weighted by atomic mass is 10.0. The van der Waals surface area contributed by atoms with Crippen LogP contribution in [-0.2, 0) is 11.2 Å². The van der Waals surface area contributed by atoms with Gasteiger partial charge in [0, 0.05) is 32.2 Å². The highest BCUT2D eigenvalue weighted by molar-refractivity contribution is 6.00. The van der Waals surface area contributed by atoms with E-state index in [0.717, 1.165) is 54.7 Å². The van der Waals surface area contributed by atoms with Crippen molar-refractivity contribution in [1.82, 2.24) is 10.2 Å². The first-order chi connectivity index (χ1) is 19.4. The Morgan fingerprint density at radius 1 is 0.850 bits per heavy atom. The van der Waals surface area contributed by atoms with Crippen molar-refractivity contribution in [3.63, 3.8) is 0 Å². The zero-order valence-corrected chi connectivity index (χ0v) is 24.8. The van der Waals surface area contributed by atoms with Crippen molar-refractivity contribution in [2.75, 3.05) is 25.5 Å². The van der Waals surface area contributed by atoms with E-state index in [1.165, 1.54) is 24.8 Å². The molecular weight excluding hydrogens is 494 g/mol. The lowest BCUT2D eigenvalue weighted by Gasteiger charge is -2.17. The lowest BCUT2D eigenvalue weighted by Crippen LogP contribution is -2.28. The standard InChI is InChI=1S/C35H47N3O2/c1-5-6-7-8-9-17-34(39)38(4)25-23-28-13-12-14-30(26-28)29-18-20-31(21-19-29)37-33-16-11-10-15-32(33)35(40)36-24-22-27(2)3/h10-16,18-21,26-27,37H,5-9,17,22-25H2,1-4H3,(H,36,40). The highest BCUT2D eigenvalue weighted by Crippen LogP contribution is 2.26. The fourth-order valence-electron chi connectivity index (χ4n) is 4.66. The minimum Gasteiger partial charge on any atom is -0.355 e. The van der Waals surface area contributed by atoms with Crippen LogP contribution in [0.3, 0.4) is 0 Å². The van der Waals surface area contributed by atoms with Crippen molar-refractivity contribution in [3.05, 3.63) is 83.9 Å². The topological polar surface area (TPSA) is 61.4 Å². The molecule has 2 N–H and O–H groups in total. The molecule has 0 spiro atoms. The summed E-state index contributed by atoms with van der Waals surface area (Å²) in [7, 11) is 1.91. The van der Waals surface area contributed by atoms with Gasteiger partial charge in [0.2, 0.25) is 5.91 Å². The van der Waals surface area contributed by atoms with Crippen LogP contribution in [0.5, 0.6) is 0 Å². The average Bonchev–Trinajstić information content (AvgIpc) is 2.96. The van der Waals surface area contributed by atoms with Gasteiger partial charge in [-0.1, -0.05) is 95.0 Å². The Balaban J connectivity index is 1.56. The second kappa shape index (κ2) is 16.5. The second-order valence-electron chi connectivity index (χ2n) is 11.1. The smallest absolute Gasteiger partial charge is 0.253 e. The van der Waals surface area contributed by atoms with Crippen molar-refractivity contribution in [1.29, 1.82) is 0 Å². The maximum Gasteiger partial charge on any atom is 0.253 e. The fraction of sp³-hybridized carbons (Fsp3) is 0.429. The molecule has 0 aliphatic heterocycles. The Labute approximate surface area is 241 Å². The van der Waals surface area contributed by atoms with Crippen LogP contribution in [0.25, 0.3) is 11.1 Å². The molecule has 0 bridgehead atoms. The van der Waals surface area contributed by atoms with Gasteiger partial charge in [-0.2, -0.15) is 0 Å². The molecule has 0 aliphatic rings. The molecule has 214 valence electrons. The first-order valence-electron chi connectivity index (χ1n) is 14.9. The Kier molecular flexibility index (Phi) is 12.8. The predicted molar refractivity (Wildman–Crippen MR) is 168 cm³/mol. The maximum absolute atomic E-state index is 12.7. The van der Waals surface area contributed by atoms with E-state index in [4.69, 9.17) is 0 Å². The lowest BCUT2D eigenvalue weighted by molar-refractivity contribution is -0.130. The molecule has 0 saturated heterocycles. The molecule has 3 aromatic rings. The molecule has 5 heteroatoms. The molecule has 0 unspecified atom stereocenters. The summed E-state index contributed by atoms with van der Waals surface area (Å²) in [5, 5.41) is 6.44. The minimum atomic E-state index is -0.0588. The van der Waals surface area contributed by atoms with Crippen LogP contribution in [0, 0.1) is 5.92 Å². The Bertz CT molecular complexity index is 1200. The summed E-state index contributed by atoms with van der Waals surface area (Å²) in [6.45, 7) is 7.91. The van der Waals surface area contributed by atoms with Gasteiger partial charge in [-0.3, -0.25) is 9.59 Å². The third-order valence-electron chi connectivity index (χ3n) is 7.26. The third kappa shape index (κ3) is 10.2. The van der Waals surface area contributed by atoms with Gasteiger partial charge < -0.3 is 15.5 Å². The van der Waals surface area contributed by atoms with E-state index in [1.807, 2.05) is 48.3 Å². The first-order valence-corrected chi connectivity index (χ1v) is 14.9. The van der Waals surface area contributed by atoms with E-state index in [0.29, 0.717) is 24.4 Å². The fourth-order valence-corrected chi connectivity index (χ4v) is 4.66. The predicted octanol–water partition coefficient (Wildman–Crippen LogP) is 8.23. The molecule has 40 heavy (non-hydrogen) atoms. The van der Waals surface area contributed by atoms with Gasteiger partial charge in [0.25, 0.3) is 5.91 Å². The number of nitrogens with zero attached hydrogens (tertiary/aromatic N) is 1. The van der Waals surface area contributed by atoms with Crippen LogP contribution in [0.15, 0.2) is 72.8 Å². The summed E-state index contributed by atoms with van der Waals surface area (Å²) in [5.41, 5.74) is 5.86. The van der Waals surface area contributed by atoms with Crippen molar-refractivity contribution < 1.29 is 9.59 Å². The van der Waals surface area contributed by atoms with Crippen LogP contribution in [-0.4, -0.2) is 36.9 Å². The van der Waals surface area contributed by atoms with Crippen molar-refractivity contribution >= 4 is 23.2 Å². The van der Waals surface area contributed by atoms with Gasteiger partial charge in [0.1, 0.15) is 0 Å². The molecule has 0 heterocycles. The highest BCUT2D eigenvalue weighted by atomic mass is 16.2. The van der Waals surface area contributed by atoms with Crippen molar-refractivity contribution in [2.45, 2.75) is 72.1 Å².